The fraction of sp³-hybridized carbons (Fsp3) is 0.391. The molecule has 2 heterocycles. The van der Waals surface area contributed by atoms with Crippen molar-refractivity contribution in [3.05, 3.63) is 70.7 Å². The molecule has 2 aliphatic heterocycles. The van der Waals surface area contributed by atoms with E-state index in [1.54, 1.807) is 5.01 Å². The van der Waals surface area contributed by atoms with Crippen LogP contribution in [0.4, 0.5) is 0 Å². The van der Waals surface area contributed by atoms with Gasteiger partial charge in [0.1, 0.15) is 5.84 Å². The van der Waals surface area contributed by atoms with Gasteiger partial charge < -0.3 is 0 Å². The topological polar surface area (TPSA) is 65.3 Å². The van der Waals surface area contributed by atoms with Crippen LogP contribution in [-0.4, -0.2) is 48.9 Å². The Labute approximate surface area is 189 Å². The first-order valence-corrected chi connectivity index (χ1v) is 12.5. The summed E-state index contributed by atoms with van der Waals surface area (Å²) in [6.07, 6.45) is 3.31. The maximum Gasteiger partial charge on any atom is 0.324 e. The smallest absolute Gasteiger partial charge is 0.249 e. The van der Waals surface area contributed by atoms with Crippen molar-refractivity contribution in [3.63, 3.8) is 0 Å². The molecule has 0 radical (unpaired) electrons. The summed E-state index contributed by atoms with van der Waals surface area (Å²) in [5, 5.41) is 7.26. The number of halogens is 1. The number of benzene rings is 2. The van der Waals surface area contributed by atoms with Crippen molar-refractivity contribution in [3.8, 4) is 0 Å². The Morgan fingerprint density at radius 2 is 1.74 bits per heavy atom. The van der Waals surface area contributed by atoms with E-state index in [9.17, 15) is 8.42 Å². The highest BCUT2D eigenvalue weighted by atomic mass is 35.5. The Kier molecular flexibility index (Phi) is 6.74. The van der Waals surface area contributed by atoms with Crippen molar-refractivity contribution in [2.75, 3.05) is 19.6 Å². The Bertz CT molecular complexity index is 1060. The molecule has 0 N–H and O–H groups in total. The summed E-state index contributed by atoms with van der Waals surface area (Å²) in [6, 6.07) is 17.8. The summed E-state index contributed by atoms with van der Waals surface area (Å²) in [6.45, 7) is 3.53. The molecule has 6 nitrogen and oxygen atoms in total. The van der Waals surface area contributed by atoms with Crippen molar-refractivity contribution in [2.45, 2.75) is 38.5 Å². The first kappa shape index (κ1) is 22.0. The molecule has 0 amide bonds. The monoisotopic (exact) mass is 458 g/mol. The number of amidine groups is 1. The zero-order valence-corrected chi connectivity index (χ0v) is 19.2. The van der Waals surface area contributed by atoms with Gasteiger partial charge in [-0.15, -0.1) is 4.40 Å². The third-order valence-corrected chi connectivity index (χ3v) is 7.44. The predicted molar refractivity (Wildman–Crippen MR) is 126 cm³/mol. The normalized spacial score (nSPS) is 20.7. The molecule has 0 spiro atoms. The molecule has 2 aliphatic rings. The van der Waals surface area contributed by atoms with Gasteiger partial charge in [-0.1, -0.05) is 67.4 Å². The van der Waals surface area contributed by atoms with E-state index in [2.05, 4.69) is 16.5 Å². The van der Waals surface area contributed by atoms with Gasteiger partial charge in [0.25, 0.3) is 0 Å². The van der Waals surface area contributed by atoms with Crippen LogP contribution in [-0.2, 0) is 10.2 Å². The minimum Gasteiger partial charge on any atom is -0.249 e. The fourth-order valence-corrected chi connectivity index (χ4v) is 5.52. The third kappa shape index (κ3) is 5.00. The molecule has 0 bridgehead atoms. The quantitative estimate of drug-likeness (QED) is 0.482. The van der Waals surface area contributed by atoms with Crippen LogP contribution in [0, 0.1) is 0 Å². The van der Waals surface area contributed by atoms with Gasteiger partial charge in [-0.3, -0.25) is 0 Å². The number of piperidine rings is 1. The molecule has 2 aromatic carbocycles. The lowest BCUT2D eigenvalue weighted by Crippen LogP contribution is -2.36. The molecule has 1 saturated heterocycles. The van der Waals surface area contributed by atoms with E-state index in [1.807, 2.05) is 49.4 Å². The number of hydrazone groups is 1. The molecule has 8 heteroatoms. The first-order chi connectivity index (χ1) is 15.0. The molecular formula is C23H27ClN4O2S. The maximum atomic E-state index is 12.9. The van der Waals surface area contributed by atoms with Crippen LogP contribution in [0.2, 0.25) is 5.02 Å². The van der Waals surface area contributed by atoms with Crippen LogP contribution in [0.5, 0.6) is 0 Å². The summed E-state index contributed by atoms with van der Waals surface area (Å²) < 4.78 is 31.5. The van der Waals surface area contributed by atoms with Gasteiger partial charge in [0.2, 0.25) is 0 Å². The minimum absolute atomic E-state index is 0.0109. The fourth-order valence-electron chi connectivity index (χ4n) is 4.07. The van der Waals surface area contributed by atoms with E-state index in [1.165, 1.54) is 4.31 Å². The van der Waals surface area contributed by atoms with Crippen LogP contribution < -0.4 is 0 Å². The Morgan fingerprint density at radius 3 is 2.39 bits per heavy atom. The minimum atomic E-state index is -3.71. The van der Waals surface area contributed by atoms with E-state index in [0.717, 1.165) is 36.1 Å². The number of rotatable bonds is 5. The predicted octanol–water partition coefficient (Wildman–Crippen LogP) is 4.68. The van der Waals surface area contributed by atoms with Crippen molar-refractivity contribution >= 4 is 33.4 Å². The molecule has 0 saturated carbocycles. The van der Waals surface area contributed by atoms with Gasteiger partial charge >= 0.3 is 10.2 Å². The van der Waals surface area contributed by atoms with Gasteiger partial charge in [-0.2, -0.15) is 17.8 Å². The summed E-state index contributed by atoms with van der Waals surface area (Å²) in [5.41, 5.74) is 2.99. The van der Waals surface area contributed by atoms with E-state index in [4.69, 9.17) is 16.7 Å². The molecule has 1 fully saturated rings. The molecule has 1 unspecified atom stereocenters. The molecule has 0 aromatic heterocycles. The lowest BCUT2D eigenvalue weighted by atomic mass is 9.91. The van der Waals surface area contributed by atoms with E-state index >= 15 is 0 Å². The molecule has 164 valence electrons. The second kappa shape index (κ2) is 9.51. The third-order valence-electron chi connectivity index (χ3n) is 5.73. The second-order valence-corrected chi connectivity index (χ2v) is 9.87. The zero-order chi connectivity index (χ0) is 21.8. The van der Waals surface area contributed by atoms with Gasteiger partial charge in [-0.05, 0) is 36.1 Å². The number of nitrogens with zero attached hydrogens (tertiary/aromatic N) is 4. The molecule has 4 rings (SSSR count). The maximum absolute atomic E-state index is 12.9. The van der Waals surface area contributed by atoms with Crippen molar-refractivity contribution in [1.29, 1.82) is 0 Å². The standard InChI is InChI=1S/C23H27ClN4O2S/c1-2-22(26-31(29,30)27-15-7-4-8-16-27)28-17-21(18-9-5-3-6-10-18)23(25-28)19-11-13-20(24)14-12-19/h3,5-6,9-14,21H,2,4,7-8,15-17H2,1H3/b26-22-. The Balaban J connectivity index is 1.69. The lowest BCUT2D eigenvalue weighted by Gasteiger charge is -2.24. The van der Waals surface area contributed by atoms with E-state index in [0.29, 0.717) is 36.9 Å². The van der Waals surface area contributed by atoms with Crippen molar-refractivity contribution < 1.29 is 8.42 Å². The molecule has 1 atom stereocenters. The van der Waals surface area contributed by atoms with Crippen LogP contribution in [0.3, 0.4) is 0 Å². The van der Waals surface area contributed by atoms with Gasteiger partial charge in [-0.25, -0.2) is 5.01 Å². The highest BCUT2D eigenvalue weighted by Gasteiger charge is 2.32. The SMILES string of the molecule is CC/C(=N/S(=O)(=O)N1CCCCC1)N1CC(c2ccccc2)C(c2ccc(Cl)cc2)=N1. The molecule has 31 heavy (non-hydrogen) atoms. The largest absolute Gasteiger partial charge is 0.324 e. The highest BCUT2D eigenvalue weighted by molar-refractivity contribution is 7.87. The van der Waals surface area contributed by atoms with Crippen molar-refractivity contribution in [1.82, 2.24) is 9.31 Å². The number of hydrogen-bond donors (Lipinski definition) is 0. The summed E-state index contributed by atoms with van der Waals surface area (Å²) >= 11 is 6.08. The van der Waals surface area contributed by atoms with Crippen LogP contribution in [0.1, 0.15) is 49.7 Å². The van der Waals surface area contributed by atoms with Crippen LogP contribution in [0.25, 0.3) is 0 Å². The average Bonchev–Trinajstić information content (AvgIpc) is 3.24. The molecule has 0 aliphatic carbocycles. The first-order valence-electron chi connectivity index (χ1n) is 10.7. The van der Waals surface area contributed by atoms with E-state index < -0.39 is 10.2 Å². The van der Waals surface area contributed by atoms with Gasteiger partial charge in [0.15, 0.2) is 0 Å². The van der Waals surface area contributed by atoms with Gasteiger partial charge in [0, 0.05) is 30.5 Å². The van der Waals surface area contributed by atoms with E-state index in [-0.39, 0.29) is 5.92 Å². The van der Waals surface area contributed by atoms with Gasteiger partial charge in [0.05, 0.1) is 12.3 Å². The lowest BCUT2D eigenvalue weighted by molar-refractivity contribution is 0.346. The average molecular weight is 459 g/mol. The van der Waals surface area contributed by atoms with Crippen LogP contribution in [0.15, 0.2) is 64.1 Å². The van der Waals surface area contributed by atoms with Crippen molar-refractivity contribution in [2.24, 2.45) is 9.50 Å². The Morgan fingerprint density at radius 1 is 1.06 bits per heavy atom. The summed E-state index contributed by atoms with van der Waals surface area (Å²) in [7, 11) is -3.71. The van der Waals surface area contributed by atoms with Crippen LogP contribution >= 0.6 is 11.6 Å². The second-order valence-electron chi connectivity index (χ2n) is 7.84. The zero-order valence-electron chi connectivity index (χ0n) is 17.6. The summed E-state index contributed by atoms with van der Waals surface area (Å²) in [5.74, 6) is 0.479. The molecule has 2 aromatic rings. The number of hydrogen-bond acceptors (Lipinski definition) is 3. The highest BCUT2D eigenvalue weighted by Crippen LogP contribution is 2.30. The molecular weight excluding hydrogens is 432 g/mol. The Hall–Kier alpha value is -2.22. The summed E-state index contributed by atoms with van der Waals surface area (Å²) in [4.78, 5) is 0.